The van der Waals surface area contributed by atoms with Crippen LogP contribution < -0.4 is 5.32 Å². The molecule has 20 heavy (non-hydrogen) atoms. The van der Waals surface area contributed by atoms with Crippen LogP contribution in [-0.4, -0.2) is 26.6 Å². The van der Waals surface area contributed by atoms with Crippen LogP contribution in [0.4, 0.5) is 0 Å². The predicted molar refractivity (Wildman–Crippen MR) is 80.3 cm³/mol. The van der Waals surface area contributed by atoms with Gasteiger partial charge in [-0.3, -0.25) is 5.32 Å². The van der Waals surface area contributed by atoms with Crippen LogP contribution in [0.1, 0.15) is 23.6 Å². The Kier molecular flexibility index (Phi) is 5.63. The number of nitrogens with one attached hydrogen (secondary N) is 1. The van der Waals surface area contributed by atoms with E-state index in [-0.39, 0.29) is 18.4 Å². The zero-order valence-electron chi connectivity index (χ0n) is 11.6. The lowest BCUT2D eigenvalue weighted by atomic mass is 10.1. The third-order valence-corrected chi connectivity index (χ3v) is 4.30. The van der Waals surface area contributed by atoms with Gasteiger partial charge in [0, 0.05) is 19.1 Å². The first kappa shape index (κ1) is 15.5. The molecule has 2 atom stereocenters. The molecule has 0 aliphatic carbocycles. The van der Waals surface area contributed by atoms with Gasteiger partial charge in [0.1, 0.15) is 11.8 Å². The van der Waals surface area contributed by atoms with Crippen LogP contribution in [0.5, 0.6) is 0 Å². The molecule has 2 aromatic rings. The monoisotopic (exact) mass is 315 g/mol. The first-order valence-corrected chi connectivity index (χ1v) is 7.45. The maximum atomic E-state index is 6.03. The molecule has 2 aromatic heterocycles. The van der Waals surface area contributed by atoms with E-state index in [1.165, 1.54) is 11.3 Å². The quantitative estimate of drug-likeness (QED) is 0.792. The first-order valence-electron chi connectivity index (χ1n) is 6.26. The Morgan fingerprint density at radius 3 is 2.50 bits per heavy atom. The van der Waals surface area contributed by atoms with E-state index in [1.807, 2.05) is 31.2 Å². The second kappa shape index (κ2) is 7.24. The summed E-state index contributed by atoms with van der Waals surface area (Å²) in [6, 6.07) is 7.59. The van der Waals surface area contributed by atoms with Crippen molar-refractivity contribution in [1.82, 2.24) is 5.32 Å². The molecule has 110 valence electrons. The van der Waals surface area contributed by atoms with Crippen molar-refractivity contribution in [3.05, 3.63) is 45.5 Å². The second-order valence-corrected chi connectivity index (χ2v) is 6.13. The molecule has 0 radical (unpaired) electrons. The molecule has 0 saturated heterocycles. The van der Waals surface area contributed by atoms with Crippen molar-refractivity contribution in [3.63, 3.8) is 0 Å². The van der Waals surface area contributed by atoms with E-state index in [1.54, 1.807) is 20.5 Å². The largest absolute Gasteiger partial charge is 0.467 e. The number of halogens is 1. The molecule has 0 amide bonds. The summed E-state index contributed by atoms with van der Waals surface area (Å²) in [6.07, 6.45) is 1.33. The third-order valence-electron chi connectivity index (χ3n) is 3.01. The SMILES string of the molecule is COC(OC)C(C)NC(c1ccco1)c1ccc(Cl)s1. The Hall–Kier alpha value is -0.850. The van der Waals surface area contributed by atoms with Gasteiger partial charge in [-0.25, -0.2) is 0 Å². The van der Waals surface area contributed by atoms with E-state index in [9.17, 15) is 0 Å². The van der Waals surface area contributed by atoms with Crippen molar-refractivity contribution < 1.29 is 13.9 Å². The van der Waals surface area contributed by atoms with Gasteiger partial charge < -0.3 is 13.9 Å². The van der Waals surface area contributed by atoms with Crippen LogP contribution in [0, 0.1) is 0 Å². The average molecular weight is 316 g/mol. The zero-order valence-corrected chi connectivity index (χ0v) is 13.2. The molecular formula is C14H18ClNO3S. The molecular weight excluding hydrogens is 298 g/mol. The number of ether oxygens (including phenoxy) is 2. The van der Waals surface area contributed by atoms with Gasteiger partial charge in [-0.1, -0.05) is 11.6 Å². The Morgan fingerprint density at radius 2 is 2.00 bits per heavy atom. The van der Waals surface area contributed by atoms with E-state index < -0.39 is 0 Å². The number of hydrogen-bond acceptors (Lipinski definition) is 5. The lowest BCUT2D eigenvalue weighted by Crippen LogP contribution is -2.41. The molecule has 2 heterocycles. The van der Waals surface area contributed by atoms with Crippen molar-refractivity contribution in [2.45, 2.75) is 25.3 Å². The Morgan fingerprint density at radius 1 is 1.25 bits per heavy atom. The molecule has 2 rings (SSSR count). The Bertz CT molecular complexity index is 510. The fraction of sp³-hybridized carbons (Fsp3) is 0.429. The maximum absolute atomic E-state index is 6.03. The lowest BCUT2D eigenvalue weighted by Gasteiger charge is -2.26. The zero-order chi connectivity index (χ0) is 14.5. The van der Waals surface area contributed by atoms with Crippen molar-refractivity contribution in [1.29, 1.82) is 0 Å². The molecule has 1 N–H and O–H groups in total. The highest BCUT2D eigenvalue weighted by Gasteiger charge is 2.25. The van der Waals surface area contributed by atoms with Gasteiger partial charge in [-0.05, 0) is 31.2 Å². The van der Waals surface area contributed by atoms with Crippen LogP contribution in [0.3, 0.4) is 0 Å². The summed E-state index contributed by atoms with van der Waals surface area (Å²) < 4.78 is 16.8. The molecule has 0 aliphatic heterocycles. The van der Waals surface area contributed by atoms with Gasteiger partial charge in [0.15, 0.2) is 6.29 Å². The Balaban J connectivity index is 2.20. The minimum atomic E-state index is -0.331. The maximum Gasteiger partial charge on any atom is 0.171 e. The smallest absolute Gasteiger partial charge is 0.171 e. The third kappa shape index (κ3) is 3.62. The van der Waals surface area contributed by atoms with Crippen LogP contribution in [0.15, 0.2) is 34.9 Å². The minimum Gasteiger partial charge on any atom is -0.467 e. The van der Waals surface area contributed by atoms with Crippen molar-refractivity contribution in [3.8, 4) is 0 Å². The van der Waals surface area contributed by atoms with Crippen LogP contribution in [-0.2, 0) is 9.47 Å². The van der Waals surface area contributed by atoms with Gasteiger partial charge in [0.2, 0.25) is 0 Å². The summed E-state index contributed by atoms with van der Waals surface area (Å²) >= 11 is 7.55. The number of furan rings is 1. The molecule has 6 heteroatoms. The summed E-state index contributed by atoms with van der Waals surface area (Å²) in [6.45, 7) is 2.00. The van der Waals surface area contributed by atoms with Crippen LogP contribution in [0.25, 0.3) is 0 Å². The van der Waals surface area contributed by atoms with Gasteiger partial charge >= 0.3 is 0 Å². The van der Waals surface area contributed by atoms with Gasteiger partial charge in [0.25, 0.3) is 0 Å². The highest BCUT2D eigenvalue weighted by atomic mass is 35.5. The second-order valence-electron chi connectivity index (χ2n) is 4.39. The van der Waals surface area contributed by atoms with Crippen molar-refractivity contribution in [2.75, 3.05) is 14.2 Å². The first-order chi connectivity index (χ1) is 9.65. The molecule has 0 saturated carbocycles. The number of methoxy groups -OCH3 is 2. The predicted octanol–water partition coefficient (Wildman–Crippen LogP) is 3.68. The molecule has 0 aliphatic rings. The topological polar surface area (TPSA) is 43.6 Å². The summed E-state index contributed by atoms with van der Waals surface area (Å²) in [4.78, 5) is 1.09. The summed E-state index contributed by atoms with van der Waals surface area (Å²) in [5.74, 6) is 0.835. The Labute approximate surface area is 127 Å². The number of hydrogen-bond donors (Lipinski definition) is 1. The molecule has 0 fully saturated rings. The fourth-order valence-electron chi connectivity index (χ4n) is 2.09. The van der Waals surface area contributed by atoms with Crippen LogP contribution in [0.2, 0.25) is 4.34 Å². The number of thiophene rings is 1. The van der Waals surface area contributed by atoms with E-state index in [4.69, 9.17) is 25.5 Å². The van der Waals surface area contributed by atoms with Gasteiger partial charge in [-0.15, -0.1) is 11.3 Å². The van der Waals surface area contributed by atoms with E-state index in [0.29, 0.717) is 0 Å². The molecule has 2 unspecified atom stereocenters. The van der Waals surface area contributed by atoms with E-state index in [2.05, 4.69) is 5.32 Å². The summed E-state index contributed by atoms with van der Waals surface area (Å²) in [5, 5.41) is 3.46. The normalized spacial score (nSPS) is 14.7. The van der Waals surface area contributed by atoms with Gasteiger partial charge in [0.05, 0.1) is 16.6 Å². The van der Waals surface area contributed by atoms with Crippen molar-refractivity contribution in [2.24, 2.45) is 0 Å². The summed E-state index contributed by atoms with van der Waals surface area (Å²) in [7, 11) is 3.24. The molecule has 0 spiro atoms. The number of rotatable bonds is 7. The average Bonchev–Trinajstić information content (AvgIpc) is 3.09. The van der Waals surface area contributed by atoms with Crippen molar-refractivity contribution >= 4 is 22.9 Å². The van der Waals surface area contributed by atoms with Gasteiger partial charge in [-0.2, -0.15) is 0 Å². The lowest BCUT2D eigenvalue weighted by molar-refractivity contribution is -0.120. The van der Waals surface area contributed by atoms with Crippen LogP contribution >= 0.6 is 22.9 Å². The molecule has 4 nitrogen and oxygen atoms in total. The summed E-state index contributed by atoms with van der Waals surface area (Å²) in [5.41, 5.74) is 0. The highest BCUT2D eigenvalue weighted by Crippen LogP contribution is 2.31. The highest BCUT2D eigenvalue weighted by molar-refractivity contribution is 7.16. The molecule has 0 bridgehead atoms. The van der Waals surface area contributed by atoms with E-state index in [0.717, 1.165) is 15.0 Å². The molecule has 0 aromatic carbocycles. The fourth-order valence-corrected chi connectivity index (χ4v) is 3.22. The minimum absolute atomic E-state index is 0.0130. The standard InChI is InChI=1S/C14H18ClNO3S/c1-9(14(17-2)18-3)16-13(10-5-4-8-19-10)11-6-7-12(15)20-11/h4-9,13-14,16H,1-3H3. The van der Waals surface area contributed by atoms with E-state index >= 15 is 0 Å².